The Bertz CT molecular complexity index is 924. The van der Waals surface area contributed by atoms with Gasteiger partial charge in [0.2, 0.25) is 5.91 Å². The molecule has 144 valence electrons. The van der Waals surface area contributed by atoms with Gasteiger partial charge < -0.3 is 24.9 Å². The van der Waals surface area contributed by atoms with Crippen LogP contribution in [0.2, 0.25) is 0 Å². The van der Waals surface area contributed by atoms with Crippen LogP contribution in [0.5, 0.6) is 5.75 Å². The zero-order valence-corrected chi connectivity index (χ0v) is 15.4. The fourth-order valence-electron chi connectivity index (χ4n) is 2.12. The van der Waals surface area contributed by atoms with Crippen molar-refractivity contribution in [3.8, 4) is 5.75 Å². The third kappa shape index (κ3) is 6.50. The van der Waals surface area contributed by atoms with Crippen molar-refractivity contribution in [2.24, 2.45) is 0 Å². The molecule has 2 rings (SSSR count). The van der Waals surface area contributed by atoms with Crippen molar-refractivity contribution in [2.45, 2.75) is 26.4 Å². The first kappa shape index (κ1) is 20.0. The number of fused-ring (bicyclic) bond motifs is 1. The summed E-state index contributed by atoms with van der Waals surface area (Å²) in [5.74, 6) is -0.431. The molecule has 1 aromatic carbocycles. The van der Waals surface area contributed by atoms with Crippen LogP contribution in [-0.2, 0) is 9.53 Å². The van der Waals surface area contributed by atoms with E-state index in [0.29, 0.717) is 5.39 Å². The molecule has 2 amide bonds. The van der Waals surface area contributed by atoms with Gasteiger partial charge in [-0.05, 0) is 45.0 Å². The quantitative estimate of drug-likeness (QED) is 0.419. The second kappa shape index (κ2) is 8.39. The Kier molecular flexibility index (Phi) is 6.23. The second-order valence-corrected chi connectivity index (χ2v) is 6.76. The molecule has 0 saturated carbocycles. The molecule has 0 aliphatic rings. The molecule has 8 nitrogen and oxygen atoms in total. The molecule has 0 bridgehead atoms. The first-order chi connectivity index (χ1) is 12.6. The number of rotatable bonds is 5. The van der Waals surface area contributed by atoms with E-state index >= 15 is 0 Å². The molecule has 2 aromatic rings. The summed E-state index contributed by atoms with van der Waals surface area (Å²) in [5, 5.41) is 15.1. The normalized spacial score (nSPS) is 11.5. The Balaban J connectivity index is 1.87. The molecule has 0 fully saturated rings. The number of phenols is 1. The van der Waals surface area contributed by atoms with E-state index in [-0.39, 0.29) is 30.0 Å². The lowest BCUT2D eigenvalue weighted by atomic mass is 10.1. The first-order valence-corrected chi connectivity index (χ1v) is 8.34. The number of nitrogens with one attached hydrogen (secondary N) is 2. The summed E-state index contributed by atoms with van der Waals surface area (Å²) in [7, 11) is 0. The van der Waals surface area contributed by atoms with Crippen molar-refractivity contribution in [3.63, 3.8) is 0 Å². The van der Waals surface area contributed by atoms with Gasteiger partial charge in [-0.25, -0.2) is 9.59 Å². The molecule has 1 heterocycles. The highest BCUT2D eigenvalue weighted by Crippen LogP contribution is 2.19. The average Bonchev–Trinajstić information content (AvgIpc) is 2.55. The summed E-state index contributed by atoms with van der Waals surface area (Å²) in [5.41, 5.74) is -0.746. The summed E-state index contributed by atoms with van der Waals surface area (Å²) < 4.78 is 10.2. The summed E-state index contributed by atoms with van der Waals surface area (Å²) in [4.78, 5) is 35.2. The van der Waals surface area contributed by atoms with E-state index in [9.17, 15) is 19.5 Å². The van der Waals surface area contributed by atoms with Crippen LogP contribution >= 0.6 is 0 Å². The Hall–Kier alpha value is -3.29. The number of ether oxygens (including phenoxy) is 1. The Morgan fingerprint density at radius 1 is 1.19 bits per heavy atom. The highest BCUT2D eigenvalue weighted by molar-refractivity contribution is 5.92. The van der Waals surface area contributed by atoms with E-state index in [1.807, 2.05) is 0 Å². The lowest BCUT2D eigenvalue weighted by Gasteiger charge is -2.19. The van der Waals surface area contributed by atoms with Gasteiger partial charge in [0.05, 0.1) is 5.56 Å². The first-order valence-electron chi connectivity index (χ1n) is 8.34. The molecule has 1 aromatic heterocycles. The SMILES string of the molecule is CC(C)(C)OC(=O)NCCNC(=O)/C=C/c1cc2ccc(O)cc2oc1=O. The van der Waals surface area contributed by atoms with Crippen molar-refractivity contribution < 1.29 is 23.8 Å². The van der Waals surface area contributed by atoms with Crippen LogP contribution in [0.25, 0.3) is 17.0 Å². The standard InChI is InChI=1S/C19H22N2O6/c1-19(2,3)27-18(25)21-9-8-20-16(23)7-5-13-10-12-4-6-14(22)11-15(12)26-17(13)24/h4-7,10-11,22H,8-9H2,1-3H3,(H,20,23)(H,21,25)/b7-5+. The van der Waals surface area contributed by atoms with E-state index in [4.69, 9.17) is 9.15 Å². The summed E-state index contributed by atoms with van der Waals surface area (Å²) >= 11 is 0. The number of hydrogen-bond acceptors (Lipinski definition) is 6. The number of aromatic hydroxyl groups is 1. The maximum atomic E-state index is 11.9. The van der Waals surface area contributed by atoms with Crippen molar-refractivity contribution in [2.75, 3.05) is 13.1 Å². The van der Waals surface area contributed by atoms with Crippen molar-refractivity contribution in [1.29, 1.82) is 0 Å². The number of alkyl carbamates (subject to hydrolysis) is 1. The molecule has 0 aliphatic heterocycles. The molecule has 27 heavy (non-hydrogen) atoms. The van der Waals surface area contributed by atoms with E-state index in [1.54, 1.807) is 32.9 Å². The van der Waals surface area contributed by atoms with E-state index in [1.165, 1.54) is 24.3 Å². The molecular formula is C19H22N2O6. The molecule has 0 spiro atoms. The molecular weight excluding hydrogens is 352 g/mol. The Morgan fingerprint density at radius 2 is 1.89 bits per heavy atom. The number of amides is 2. The molecule has 8 heteroatoms. The highest BCUT2D eigenvalue weighted by atomic mass is 16.6. The van der Waals surface area contributed by atoms with Gasteiger partial charge in [-0.15, -0.1) is 0 Å². The molecule has 3 N–H and O–H groups in total. The van der Waals surface area contributed by atoms with Gasteiger partial charge >= 0.3 is 11.7 Å². The van der Waals surface area contributed by atoms with Crippen LogP contribution in [0.1, 0.15) is 26.3 Å². The number of hydrogen-bond donors (Lipinski definition) is 3. The predicted octanol–water partition coefficient (Wildman–Crippen LogP) is 2.15. The van der Waals surface area contributed by atoms with Gasteiger partial charge in [0, 0.05) is 30.6 Å². The minimum absolute atomic E-state index is 0.00619. The number of phenolic OH excluding ortho intramolecular Hbond substituents is 1. The molecule has 0 unspecified atom stereocenters. The number of carbonyl (C=O) groups is 2. The van der Waals surface area contributed by atoms with Gasteiger partial charge in [0.15, 0.2) is 0 Å². The minimum Gasteiger partial charge on any atom is -0.508 e. The third-order valence-electron chi connectivity index (χ3n) is 3.25. The highest BCUT2D eigenvalue weighted by Gasteiger charge is 2.15. The second-order valence-electron chi connectivity index (χ2n) is 6.76. The van der Waals surface area contributed by atoms with Gasteiger partial charge in [0.25, 0.3) is 0 Å². The molecule has 0 saturated heterocycles. The Morgan fingerprint density at radius 3 is 2.59 bits per heavy atom. The molecule has 0 atom stereocenters. The van der Waals surface area contributed by atoms with E-state index in [0.717, 1.165) is 0 Å². The van der Waals surface area contributed by atoms with Gasteiger partial charge in [-0.2, -0.15) is 0 Å². The van der Waals surface area contributed by atoms with Crippen LogP contribution in [0.15, 0.2) is 39.6 Å². The third-order valence-corrected chi connectivity index (χ3v) is 3.25. The lowest BCUT2D eigenvalue weighted by Crippen LogP contribution is -2.37. The van der Waals surface area contributed by atoms with Crippen molar-refractivity contribution in [3.05, 3.63) is 46.3 Å². The molecule has 0 aliphatic carbocycles. The van der Waals surface area contributed by atoms with Crippen molar-refractivity contribution >= 4 is 29.0 Å². The minimum atomic E-state index is -0.622. The van der Waals surface area contributed by atoms with Gasteiger partial charge in [-0.1, -0.05) is 0 Å². The topological polar surface area (TPSA) is 118 Å². The van der Waals surface area contributed by atoms with Gasteiger partial charge in [0.1, 0.15) is 16.9 Å². The summed E-state index contributed by atoms with van der Waals surface area (Å²) in [6, 6.07) is 5.98. The average molecular weight is 374 g/mol. The van der Waals surface area contributed by atoms with Crippen LogP contribution in [0.4, 0.5) is 4.79 Å². The van der Waals surface area contributed by atoms with Crippen molar-refractivity contribution in [1.82, 2.24) is 10.6 Å². The summed E-state index contributed by atoms with van der Waals surface area (Å²) in [6.07, 6.45) is 1.98. The lowest BCUT2D eigenvalue weighted by molar-refractivity contribution is -0.116. The van der Waals surface area contributed by atoms with Crippen LogP contribution in [-0.4, -0.2) is 35.8 Å². The molecule has 0 radical (unpaired) electrons. The van der Waals surface area contributed by atoms with E-state index in [2.05, 4.69) is 10.6 Å². The summed E-state index contributed by atoms with van der Waals surface area (Å²) in [6.45, 7) is 5.67. The fraction of sp³-hybridized carbons (Fsp3) is 0.316. The number of carbonyl (C=O) groups excluding carboxylic acids is 2. The maximum absolute atomic E-state index is 11.9. The maximum Gasteiger partial charge on any atom is 0.407 e. The number of benzene rings is 1. The van der Waals surface area contributed by atoms with Crippen LogP contribution in [0, 0.1) is 0 Å². The predicted molar refractivity (Wildman–Crippen MR) is 100 cm³/mol. The smallest absolute Gasteiger partial charge is 0.407 e. The zero-order chi connectivity index (χ0) is 20.0. The fourth-order valence-corrected chi connectivity index (χ4v) is 2.12. The monoisotopic (exact) mass is 374 g/mol. The Labute approximate surface area is 155 Å². The van der Waals surface area contributed by atoms with Gasteiger partial charge in [-0.3, -0.25) is 4.79 Å². The van der Waals surface area contributed by atoms with E-state index < -0.39 is 23.2 Å². The zero-order valence-electron chi connectivity index (χ0n) is 15.4. The van der Waals surface area contributed by atoms with Crippen LogP contribution in [0.3, 0.4) is 0 Å². The largest absolute Gasteiger partial charge is 0.508 e. The van der Waals surface area contributed by atoms with Crippen LogP contribution < -0.4 is 16.3 Å².